The number of ether oxygens (including phenoxy) is 2. The monoisotopic (exact) mass is 386 g/mol. The molecule has 0 radical (unpaired) electrons. The first kappa shape index (κ1) is 18.0. The van der Waals surface area contributed by atoms with Crippen LogP contribution < -0.4 is 9.47 Å². The molecule has 0 unspecified atom stereocenters. The maximum absolute atomic E-state index is 12.1. The van der Waals surface area contributed by atoms with Gasteiger partial charge in [0, 0.05) is 10.0 Å². The van der Waals surface area contributed by atoms with Crippen molar-refractivity contribution in [3.8, 4) is 11.5 Å². The molecule has 0 fully saturated rings. The highest BCUT2D eigenvalue weighted by molar-refractivity contribution is 6.30. The average molecular weight is 387 g/mol. The smallest absolute Gasteiger partial charge is 0.343 e. The molecule has 0 saturated heterocycles. The second-order valence-electron chi connectivity index (χ2n) is 5.26. The summed E-state index contributed by atoms with van der Waals surface area (Å²) in [6.07, 6.45) is 0. The molecule has 3 aromatic rings. The topological polar surface area (TPSA) is 52.6 Å². The summed E-state index contributed by atoms with van der Waals surface area (Å²) < 4.78 is 10.5. The van der Waals surface area contributed by atoms with Crippen LogP contribution in [0.4, 0.5) is 0 Å². The fourth-order valence-electron chi connectivity index (χ4n) is 2.08. The van der Waals surface area contributed by atoms with Gasteiger partial charge in [-0.2, -0.15) is 0 Å². The van der Waals surface area contributed by atoms with Crippen molar-refractivity contribution in [2.24, 2.45) is 0 Å². The van der Waals surface area contributed by atoms with E-state index in [0.29, 0.717) is 32.7 Å². The van der Waals surface area contributed by atoms with Crippen molar-refractivity contribution in [1.82, 2.24) is 0 Å². The molecule has 3 rings (SSSR count). The first-order valence-corrected chi connectivity index (χ1v) is 8.32. The number of carbonyl (C=O) groups is 2. The van der Waals surface area contributed by atoms with Crippen LogP contribution in [0.15, 0.2) is 72.8 Å². The number of hydrogen-bond acceptors (Lipinski definition) is 4. The number of esters is 2. The molecule has 130 valence electrons. The Morgan fingerprint density at radius 1 is 0.538 bits per heavy atom. The molecule has 0 bridgehead atoms. The summed E-state index contributed by atoms with van der Waals surface area (Å²) in [5.74, 6) is -0.341. The van der Waals surface area contributed by atoms with E-state index in [1.807, 2.05) is 0 Å². The van der Waals surface area contributed by atoms with Gasteiger partial charge in [-0.1, -0.05) is 23.2 Å². The van der Waals surface area contributed by atoms with E-state index >= 15 is 0 Å². The molecule has 0 aliphatic heterocycles. The second-order valence-corrected chi connectivity index (χ2v) is 6.14. The fourth-order valence-corrected chi connectivity index (χ4v) is 2.33. The minimum Gasteiger partial charge on any atom is -0.423 e. The molecule has 0 saturated carbocycles. The predicted molar refractivity (Wildman–Crippen MR) is 99.3 cm³/mol. The van der Waals surface area contributed by atoms with E-state index in [-0.39, 0.29) is 0 Å². The summed E-state index contributed by atoms with van der Waals surface area (Å²) in [6, 6.07) is 18.9. The first-order chi connectivity index (χ1) is 12.5. The fraction of sp³-hybridized carbons (Fsp3) is 0. The van der Waals surface area contributed by atoms with Gasteiger partial charge in [-0.25, -0.2) is 9.59 Å². The molecule has 0 aromatic heterocycles. The first-order valence-electron chi connectivity index (χ1n) is 7.57. The molecule has 26 heavy (non-hydrogen) atoms. The predicted octanol–water partition coefficient (Wildman–Crippen LogP) is 5.43. The number of carbonyl (C=O) groups excluding carboxylic acids is 2. The summed E-state index contributed by atoms with van der Waals surface area (Å²) in [6.45, 7) is 0. The molecule has 0 spiro atoms. The van der Waals surface area contributed by atoms with Crippen LogP contribution >= 0.6 is 23.2 Å². The number of rotatable bonds is 4. The molecule has 0 N–H and O–H groups in total. The SMILES string of the molecule is O=C(Oc1ccc(C(=O)Oc2ccc(Cl)cc2)cc1)c1ccc(Cl)cc1. The second kappa shape index (κ2) is 8.04. The lowest BCUT2D eigenvalue weighted by atomic mass is 10.2. The van der Waals surface area contributed by atoms with Crippen molar-refractivity contribution in [3.05, 3.63) is 94.0 Å². The van der Waals surface area contributed by atoms with Crippen molar-refractivity contribution in [3.63, 3.8) is 0 Å². The number of hydrogen-bond donors (Lipinski definition) is 0. The van der Waals surface area contributed by atoms with Crippen LogP contribution in [-0.4, -0.2) is 11.9 Å². The molecular formula is C20H12Cl2O4. The van der Waals surface area contributed by atoms with Crippen LogP contribution in [-0.2, 0) is 0 Å². The molecule has 4 nitrogen and oxygen atoms in total. The Balaban J connectivity index is 1.64. The largest absolute Gasteiger partial charge is 0.423 e. The third-order valence-corrected chi connectivity index (χ3v) is 3.91. The summed E-state index contributed by atoms with van der Waals surface area (Å²) >= 11 is 11.6. The molecule has 0 heterocycles. The van der Waals surface area contributed by atoms with Crippen LogP contribution in [0.2, 0.25) is 10.0 Å². The van der Waals surface area contributed by atoms with Crippen molar-refractivity contribution < 1.29 is 19.1 Å². The Morgan fingerprint density at radius 3 is 1.27 bits per heavy atom. The Labute approximate surface area is 159 Å². The molecular weight excluding hydrogens is 375 g/mol. The maximum atomic E-state index is 12.1. The van der Waals surface area contributed by atoms with Gasteiger partial charge in [-0.3, -0.25) is 0 Å². The van der Waals surface area contributed by atoms with E-state index in [9.17, 15) is 9.59 Å². The van der Waals surface area contributed by atoms with E-state index in [2.05, 4.69) is 0 Å². The lowest BCUT2D eigenvalue weighted by Gasteiger charge is -2.07. The summed E-state index contributed by atoms with van der Waals surface area (Å²) in [7, 11) is 0. The van der Waals surface area contributed by atoms with Gasteiger partial charge in [0.15, 0.2) is 0 Å². The molecule has 0 aliphatic rings. The molecule has 0 amide bonds. The molecule has 3 aromatic carbocycles. The van der Waals surface area contributed by atoms with Crippen molar-refractivity contribution >= 4 is 35.1 Å². The van der Waals surface area contributed by atoms with Crippen LogP contribution in [0.5, 0.6) is 11.5 Å². The van der Waals surface area contributed by atoms with Crippen LogP contribution in [0.25, 0.3) is 0 Å². The van der Waals surface area contributed by atoms with Gasteiger partial charge in [-0.05, 0) is 72.8 Å². The zero-order valence-corrected chi connectivity index (χ0v) is 14.8. The van der Waals surface area contributed by atoms with Gasteiger partial charge in [0.25, 0.3) is 0 Å². The minimum absolute atomic E-state index is 0.313. The van der Waals surface area contributed by atoms with E-state index in [4.69, 9.17) is 32.7 Å². The van der Waals surface area contributed by atoms with Crippen molar-refractivity contribution in [1.29, 1.82) is 0 Å². The minimum atomic E-state index is -0.525. The highest BCUT2D eigenvalue weighted by Crippen LogP contribution is 2.19. The number of benzene rings is 3. The Bertz CT molecular complexity index is 918. The third kappa shape index (κ3) is 4.63. The molecule has 6 heteroatoms. The van der Waals surface area contributed by atoms with Gasteiger partial charge in [0.2, 0.25) is 0 Å². The van der Waals surface area contributed by atoms with Gasteiger partial charge >= 0.3 is 11.9 Å². The Kier molecular flexibility index (Phi) is 5.56. The van der Waals surface area contributed by atoms with Crippen LogP contribution in [0, 0.1) is 0 Å². The van der Waals surface area contributed by atoms with Crippen LogP contribution in [0.3, 0.4) is 0 Å². The van der Waals surface area contributed by atoms with Gasteiger partial charge < -0.3 is 9.47 Å². The molecule has 0 aliphatic carbocycles. The summed E-state index contributed by atoms with van der Waals surface area (Å²) in [5.41, 5.74) is 0.701. The van der Waals surface area contributed by atoms with Gasteiger partial charge in [0.05, 0.1) is 11.1 Å². The van der Waals surface area contributed by atoms with Crippen molar-refractivity contribution in [2.75, 3.05) is 0 Å². The highest BCUT2D eigenvalue weighted by Gasteiger charge is 2.11. The van der Waals surface area contributed by atoms with E-state index in [1.165, 1.54) is 24.3 Å². The van der Waals surface area contributed by atoms with E-state index in [1.54, 1.807) is 48.5 Å². The zero-order valence-electron chi connectivity index (χ0n) is 13.3. The standard InChI is InChI=1S/C20H12Cl2O4/c21-15-5-1-13(2-6-15)19(23)25-17-9-3-14(4-10-17)20(24)26-18-11-7-16(22)8-12-18/h1-12H. The third-order valence-electron chi connectivity index (χ3n) is 3.40. The lowest BCUT2D eigenvalue weighted by molar-refractivity contribution is 0.0730. The van der Waals surface area contributed by atoms with E-state index in [0.717, 1.165) is 0 Å². The van der Waals surface area contributed by atoms with Crippen LogP contribution in [0.1, 0.15) is 20.7 Å². The quantitative estimate of drug-likeness (QED) is 0.442. The highest BCUT2D eigenvalue weighted by atomic mass is 35.5. The molecule has 0 atom stereocenters. The summed E-state index contributed by atoms with van der Waals surface area (Å²) in [5, 5.41) is 1.08. The maximum Gasteiger partial charge on any atom is 0.343 e. The van der Waals surface area contributed by atoms with Gasteiger partial charge in [0.1, 0.15) is 11.5 Å². The lowest BCUT2D eigenvalue weighted by Crippen LogP contribution is -2.10. The zero-order chi connectivity index (χ0) is 18.5. The Hall–Kier alpha value is -2.82. The Morgan fingerprint density at radius 2 is 0.846 bits per heavy atom. The summed E-state index contributed by atoms with van der Waals surface area (Å²) in [4.78, 5) is 24.2. The van der Waals surface area contributed by atoms with Crippen molar-refractivity contribution in [2.45, 2.75) is 0 Å². The normalized spacial score (nSPS) is 10.2. The van der Waals surface area contributed by atoms with E-state index < -0.39 is 11.9 Å². The number of halogens is 2. The average Bonchev–Trinajstić information content (AvgIpc) is 2.64. The van der Waals surface area contributed by atoms with Gasteiger partial charge in [-0.15, -0.1) is 0 Å².